The molecule has 4 rings (SSSR count). The van der Waals surface area contributed by atoms with Crippen LogP contribution in [0.1, 0.15) is 37.0 Å². The summed E-state index contributed by atoms with van der Waals surface area (Å²) in [7, 11) is 0. The van der Waals surface area contributed by atoms with Gasteiger partial charge in [-0.2, -0.15) is 4.98 Å². The fourth-order valence-electron chi connectivity index (χ4n) is 2.91. The van der Waals surface area contributed by atoms with Gasteiger partial charge in [0.1, 0.15) is 5.75 Å². The van der Waals surface area contributed by atoms with Crippen LogP contribution in [0.15, 0.2) is 47.1 Å². The van der Waals surface area contributed by atoms with Crippen molar-refractivity contribution >= 4 is 11.6 Å². The molecule has 0 aliphatic heterocycles. The van der Waals surface area contributed by atoms with Crippen LogP contribution in [0.3, 0.4) is 0 Å². The molecule has 1 aromatic carbocycles. The third kappa shape index (κ3) is 4.14. The minimum Gasteiger partial charge on any atom is -0.484 e. The van der Waals surface area contributed by atoms with Crippen molar-refractivity contribution in [2.75, 3.05) is 6.61 Å². The molecule has 0 unspecified atom stereocenters. The molecule has 0 spiro atoms. The average molecular weight is 406 g/mol. The van der Waals surface area contributed by atoms with Crippen LogP contribution in [-0.4, -0.2) is 37.3 Å². The molecule has 3 aromatic heterocycles. The van der Waals surface area contributed by atoms with E-state index in [0.29, 0.717) is 34.5 Å². The molecule has 0 fully saturated rings. The Hall–Kier alpha value is -3.75. The molecule has 0 saturated carbocycles. The first-order valence-electron chi connectivity index (χ1n) is 9.64. The topological polar surface area (TPSA) is 107 Å². The Labute approximate surface area is 173 Å². The molecular weight excluding hydrogens is 384 g/mol. The lowest BCUT2D eigenvalue weighted by molar-refractivity contribution is -0.123. The lowest BCUT2D eigenvalue weighted by Crippen LogP contribution is -2.29. The van der Waals surface area contributed by atoms with Crippen molar-refractivity contribution in [2.24, 2.45) is 0 Å². The number of carbonyl (C=O) groups is 1. The molecular formula is C21H22N6O3. The molecule has 1 amide bonds. The summed E-state index contributed by atoms with van der Waals surface area (Å²) in [6, 6.07) is 11.2. The van der Waals surface area contributed by atoms with E-state index < -0.39 is 0 Å². The zero-order chi connectivity index (χ0) is 21.1. The smallest absolute Gasteiger partial charge is 0.261 e. The molecule has 9 nitrogen and oxygen atoms in total. The molecule has 4 aromatic rings. The van der Waals surface area contributed by atoms with Gasteiger partial charge in [-0.15, -0.1) is 10.2 Å². The second-order valence-electron chi connectivity index (χ2n) is 7.23. The molecule has 1 N–H and O–H groups in total. The van der Waals surface area contributed by atoms with E-state index >= 15 is 0 Å². The maximum atomic E-state index is 12.2. The van der Waals surface area contributed by atoms with Gasteiger partial charge in [-0.25, -0.2) is 0 Å². The second kappa shape index (κ2) is 8.32. The van der Waals surface area contributed by atoms with Crippen LogP contribution in [0.4, 0.5) is 0 Å². The number of benzene rings is 1. The summed E-state index contributed by atoms with van der Waals surface area (Å²) in [5.41, 5.74) is 2.34. The van der Waals surface area contributed by atoms with Crippen molar-refractivity contribution in [1.82, 2.24) is 30.1 Å². The number of ether oxygens (including phenoxy) is 1. The normalized spacial score (nSPS) is 11.2. The van der Waals surface area contributed by atoms with Crippen LogP contribution in [0.2, 0.25) is 0 Å². The van der Waals surface area contributed by atoms with E-state index in [2.05, 4.69) is 25.7 Å². The lowest BCUT2D eigenvalue weighted by Gasteiger charge is -2.07. The Morgan fingerprint density at radius 3 is 2.87 bits per heavy atom. The van der Waals surface area contributed by atoms with E-state index in [1.54, 1.807) is 4.40 Å². The highest BCUT2D eigenvalue weighted by molar-refractivity contribution is 5.77. The van der Waals surface area contributed by atoms with Gasteiger partial charge in [0.2, 0.25) is 0 Å². The molecule has 0 bridgehead atoms. The fraction of sp³-hybridized carbons (Fsp3) is 0.286. The van der Waals surface area contributed by atoms with E-state index in [-0.39, 0.29) is 25.0 Å². The van der Waals surface area contributed by atoms with Crippen LogP contribution in [-0.2, 0) is 11.3 Å². The SMILES string of the molecule is Cc1cccc(OCC(=O)NCc2nnc3c(-c4nc(C(C)C)no4)cccn23)c1. The zero-order valence-corrected chi connectivity index (χ0v) is 17.0. The number of amides is 1. The summed E-state index contributed by atoms with van der Waals surface area (Å²) in [5.74, 6) is 2.17. The summed E-state index contributed by atoms with van der Waals surface area (Å²) in [6.45, 7) is 6.09. The standard InChI is InChI=1S/C21H22N6O3/c1-13(2)19-23-21(30-26-19)16-8-5-9-27-17(24-25-20(16)27)11-22-18(28)12-29-15-7-4-6-14(3)10-15/h4-10,13H,11-12H2,1-3H3,(H,22,28). The van der Waals surface area contributed by atoms with Crippen LogP contribution in [0, 0.1) is 6.92 Å². The van der Waals surface area contributed by atoms with Gasteiger partial charge >= 0.3 is 0 Å². The van der Waals surface area contributed by atoms with E-state index in [1.165, 1.54) is 0 Å². The molecule has 0 radical (unpaired) electrons. The Kier molecular flexibility index (Phi) is 5.42. The second-order valence-corrected chi connectivity index (χ2v) is 7.23. The molecule has 0 aliphatic carbocycles. The Bertz CT molecular complexity index is 1180. The number of nitrogens with zero attached hydrogens (tertiary/aromatic N) is 5. The van der Waals surface area contributed by atoms with Gasteiger partial charge in [0, 0.05) is 12.1 Å². The molecule has 0 aliphatic rings. The maximum Gasteiger partial charge on any atom is 0.261 e. The first-order valence-corrected chi connectivity index (χ1v) is 9.64. The van der Waals surface area contributed by atoms with Gasteiger partial charge in [-0.1, -0.05) is 31.1 Å². The molecule has 9 heteroatoms. The Morgan fingerprint density at radius 2 is 2.10 bits per heavy atom. The number of pyridine rings is 1. The molecule has 0 atom stereocenters. The van der Waals surface area contributed by atoms with Crippen molar-refractivity contribution in [2.45, 2.75) is 33.2 Å². The summed E-state index contributed by atoms with van der Waals surface area (Å²) < 4.78 is 12.7. The number of aromatic nitrogens is 5. The summed E-state index contributed by atoms with van der Waals surface area (Å²) in [6.07, 6.45) is 1.82. The average Bonchev–Trinajstić information content (AvgIpc) is 3.38. The summed E-state index contributed by atoms with van der Waals surface area (Å²) in [4.78, 5) is 16.6. The minimum atomic E-state index is -0.247. The lowest BCUT2D eigenvalue weighted by atomic mass is 10.2. The number of carbonyl (C=O) groups excluding carboxylic acids is 1. The van der Waals surface area contributed by atoms with Crippen LogP contribution in [0.5, 0.6) is 5.75 Å². The number of hydrogen-bond donors (Lipinski definition) is 1. The van der Waals surface area contributed by atoms with E-state index in [9.17, 15) is 4.79 Å². The zero-order valence-electron chi connectivity index (χ0n) is 17.0. The van der Waals surface area contributed by atoms with Gasteiger partial charge < -0.3 is 14.6 Å². The number of hydrogen-bond acceptors (Lipinski definition) is 7. The maximum absolute atomic E-state index is 12.2. The summed E-state index contributed by atoms with van der Waals surface area (Å²) >= 11 is 0. The van der Waals surface area contributed by atoms with Gasteiger partial charge in [0.15, 0.2) is 23.9 Å². The van der Waals surface area contributed by atoms with Crippen molar-refractivity contribution in [3.8, 4) is 17.2 Å². The third-order valence-corrected chi connectivity index (χ3v) is 4.50. The van der Waals surface area contributed by atoms with Crippen LogP contribution >= 0.6 is 0 Å². The monoisotopic (exact) mass is 406 g/mol. The molecule has 0 saturated heterocycles. The van der Waals surface area contributed by atoms with E-state index in [4.69, 9.17) is 9.26 Å². The minimum absolute atomic E-state index is 0.0780. The first kappa shape index (κ1) is 19.6. The van der Waals surface area contributed by atoms with Crippen LogP contribution in [0.25, 0.3) is 17.1 Å². The van der Waals surface area contributed by atoms with Crippen molar-refractivity contribution in [3.63, 3.8) is 0 Å². The number of rotatable bonds is 7. The van der Waals surface area contributed by atoms with Gasteiger partial charge in [-0.3, -0.25) is 9.20 Å². The van der Waals surface area contributed by atoms with Gasteiger partial charge in [0.05, 0.1) is 12.1 Å². The Morgan fingerprint density at radius 1 is 1.23 bits per heavy atom. The number of fused-ring (bicyclic) bond motifs is 1. The first-order chi connectivity index (χ1) is 14.5. The van der Waals surface area contributed by atoms with Crippen molar-refractivity contribution in [3.05, 3.63) is 59.8 Å². The van der Waals surface area contributed by atoms with Gasteiger partial charge in [-0.05, 0) is 36.8 Å². The highest BCUT2D eigenvalue weighted by atomic mass is 16.5. The predicted molar refractivity (Wildman–Crippen MR) is 109 cm³/mol. The molecule has 154 valence electrons. The third-order valence-electron chi connectivity index (χ3n) is 4.50. The Balaban J connectivity index is 1.44. The van der Waals surface area contributed by atoms with Crippen LogP contribution < -0.4 is 10.1 Å². The van der Waals surface area contributed by atoms with Gasteiger partial charge in [0.25, 0.3) is 11.8 Å². The predicted octanol–water partition coefficient (Wildman–Crippen LogP) is 2.91. The van der Waals surface area contributed by atoms with Crippen molar-refractivity contribution < 1.29 is 14.1 Å². The number of nitrogens with one attached hydrogen (secondary N) is 1. The van der Waals surface area contributed by atoms with Crippen molar-refractivity contribution in [1.29, 1.82) is 0 Å². The highest BCUT2D eigenvalue weighted by Gasteiger charge is 2.17. The van der Waals surface area contributed by atoms with E-state index in [1.807, 2.05) is 63.4 Å². The largest absolute Gasteiger partial charge is 0.484 e. The number of aryl methyl sites for hydroxylation is 1. The quantitative estimate of drug-likeness (QED) is 0.503. The highest BCUT2D eigenvalue weighted by Crippen LogP contribution is 2.23. The molecule has 3 heterocycles. The molecule has 30 heavy (non-hydrogen) atoms. The fourth-order valence-corrected chi connectivity index (χ4v) is 2.91. The summed E-state index contributed by atoms with van der Waals surface area (Å²) in [5, 5.41) is 15.2. The van der Waals surface area contributed by atoms with E-state index in [0.717, 1.165) is 5.56 Å².